The number of aromatic nitrogens is 2. The van der Waals surface area contributed by atoms with Crippen molar-refractivity contribution in [2.75, 3.05) is 31.1 Å². The van der Waals surface area contributed by atoms with Gasteiger partial charge in [0.15, 0.2) is 0 Å². The molecule has 2 aliphatic rings. The van der Waals surface area contributed by atoms with Gasteiger partial charge in [-0.3, -0.25) is 4.79 Å². The standard InChI is InChI=1S/C18H24N6O/c19-13-4-7-24(8-5-13)17-15-2-1-12(9-16(15)21-11-22-17)18(25)23-14-3-6-20-10-14/h1-2,9,11,13-14,20H,3-8,10,19H2,(H,23,25). The average molecular weight is 340 g/mol. The van der Waals surface area contributed by atoms with E-state index in [9.17, 15) is 4.79 Å². The summed E-state index contributed by atoms with van der Waals surface area (Å²) in [7, 11) is 0. The summed E-state index contributed by atoms with van der Waals surface area (Å²) < 4.78 is 0. The summed E-state index contributed by atoms with van der Waals surface area (Å²) in [5.41, 5.74) is 7.45. The van der Waals surface area contributed by atoms with Crippen LogP contribution in [0.15, 0.2) is 24.5 Å². The van der Waals surface area contributed by atoms with Gasteiger partial charge in [-0.2, -0.15) is 0 Å². The van der Waals surface area contributed by atoms with Crippen molar-refractivity contribution in [1.29, 1.82) is 0 Å². The SMILES string of the molecule is NC1CCN(c2ncnc3cc(C(=O)NC4CCNC4)ccc23)CC1. The molecule has 7 heteroatoms. The Labute approximate surface area is 147 Å². The summed E-state index contributed by atoms with van der Waals surface area (Å²) in [6.07, 6.45) is 4.50. The molecule has 3 heterocycles. The number of carbonyl (C=O) groups excluding carboxylic acids is 1. The molecule has 0 bridgehead atoms. The number of hydrogen-bond donors (Lipinski definition) is 3. The Hall–Kier alpha value is -2.25. The van der Waals surface area contributed by atoms with Crippen molar-refractivity contribution in [3.05, 3.63) is 30.1 Å². The number of rotatable bonds is 3. The summed E-state index contributed by atoms with van der Waals surface area (Å²) in [5, 5.41) is 7.31. The lowest BCUT2D eigenvalue weighted by Crippen LogP contribution is -2.40. The Bertz CT molecular complexity index is 765. The maximum absolute atomic E-state index is 12.5. The van der Waals surface area contributed by atoms with Crippen molar-refractivity contribution < 1.29 is 4.79 Å². The fraction of sp³-hybridized carbons (Fsp3) is 0.500. The molecule has 0 spiro atoms. The normalized spacial score (nSPS) is 21.6. The second kappa shape index (κ2) is 6.93. The third-order valence-electron chi connectivity index (χ3n) is 5.11. The molecule has 1 amide bonds. The smallest absolute Gasteiger partial charge is 0.251 e. The number of benzene rings is 1. The van der Waals surface area contributed by atoms with Crippen molar-refractivity contribution in [2.45, 2.75) is 31.3 Å². The molecule has 0 radical (unpaired) electrons. The largest absolute Gasteiger partial charge is 0.356 e. The van der Waals surface area contributed by atoms with Crippen LogP contribution in [0.4, 0.5) is 5.82 Å². The first-order valence-electron chi connectivity index (χ1n) is 8.97. The fourth-order valence-electron chi connectivity index (χ4n) is 3.59. The molecule has 1 atom stereocenters. The van der Waals surface area contributed by atoms with E-state index in [1.807, 2.05) is 18.2 Å². The maximum atomic E-state index is 12.5. The minimum absolute atomic E-state index is 0.0419. The fourth-order valence-corrected chi connectivity index (χ4v) is 3.59. The summed E-state index contributed by atoms with van der Waals surface area (Å²) in [4.78, 5) is 23.6. The van der Waals surface area contributed by atoms with E-state index in [1.54, 1.807) is 6.33 Å². The highest BCUT2D eigenvalue weighted by molar-refractivity contribution is 6.00. The quantitative estimate of drug-likeness (QED) is 0.759. The number of piperidine rings is 1. The zero-order valence-corrected chi connectivity index (χ0v) is 14.2. The van der Waals surface area contributed by atoms with Gasteiger partial charge in [0.25, 0.3) is 5.91 Å². The Kier molecular flexibility index (Phi) is 4.50. The number of amides is 1. The van der Waals surface area contributed by atoms with Crippen molar-refractivity contribution in [1.82, 2.24) is 20.6 Å². The molecule has 0 saturated carbocycles. The van der Waals surface area contributed by atoms with Crippen LogP contribution in [0.2, 0.25) is 0 Å². The van der Waals surface area contributed by atoms with E-state index < -0.39 is 0 Å². The first-order valence-corrected chi connectivity index (χ1v) is 8.97. The highest BCUT2D eigenvalue weighted by Crippen LogP contribution is 2.26. The lowest BCUT2D eigenvalue weighted by Gasteiger charge is -2.31. The van der Waals surface area contributed by atoms with E-state index >= 15 is 0 Å². The van der Waals surface area contributed by atoms with Crippen molar-refractivity contribution in [2.24, 2.45) is 5.73 Å². The molecule has 1 unspecified atom stereocenters. The summed E-state index contributed by atoms with van der Waals surface area (Å²) in [6, 6.07) is 6.17. The summed E-state index contributed by atoms with van der Waals surface area (Å²) in [6.45, 7) is 3.61. The lowest BCUT2D eigenvalue weighted by atomic mass is 10.1. The van der Waals surface area contributed by atoms with E-state index in [1.165, 1.54) is 0 Å². The average Bonchev–Trinajstić information content (AvgIpc) is 3.14. The van der Waals surface area contributed by atoms with E-state index in [-0.39, 0.29) is 18.0 Å². The monoisotopic (exact) mass is 340 g/mol. The predicted molar refractivity (Wildman–Crippen MR) is 97.7 cm³/mol. The van der Waals surface area contributed by atoms with Crippen LogP contribution < -0.4 is 21.3 Å². The molecule has 4 N–H and O–H groups in total. The third kappa shape index (κ3) is 3.43. The van der Waals surface area contributed by atoms with Gasteiger partial charge in [-0.25, -0.2) is 9.97 Å². The number of anilines is 1. The summed E-state index contributed by atoms with van der Waals surface area (Å²) in [5.74, 6) is 0.892. The molecule has 25 heavy (non-hydrogen) atoms. The number of nitrogens with one attached hydrogen (secondary N) is 2. The van der Waals surface area contributed by atoms with Crippen molar-refractivity contribution in [3.63, 3.8) is 0 Å². The van der Waals surface area contributed by atoms with Crippen LogP contribution >= 0.6 is 0 Å². The topological polar surface area (TPSA) is 96.2 Å². The first-order chi connectivity index (χ1) is 12.2. The molecule has 132 valence electrons. The van der Waals surface area contributed by atoms with E-state index in [0.29, 0.717) is 5.56 Å². The second-order valence-corrected chi connectivity index (χ2v) is 6.92. The van der Waals surface area contributed by atoms with E-state index in [2.05, 4.69) is 25.5 Å². The highest BCUT2D eigenvalue weighted by atomic mass is 16.1. The molecular formula is C18H24N6O. The molecule has 2 fully saturated rings. The molecule has 4 rings (SSSR count). The molecule has 7 nitrogen and oxygen atoms in total. The molecule has 0 aliphatic carbocycles. The Balaban J connectivity index is 1.57. The number of carbonyl (C=O) groups is 1. The van der Waals surface area contributed by atoms with Gasteiger partial charge >= 0.3 is 0 Å². The van der Waals surface area contributed by atoms with Gasteiger partial charge in [-0.05, 0) is 44.0 Å². The molecule has 1 aromatic heterocycles. The van der Waals surface area contributed by atoms with Crippen LogP contribution in [-0.2, 0) is 0 Å². The van der Waals surface area contributed by atoms with Crippen molar-refractivity contribution >= 4 is 22.6 Å². The third-order valence-corrected chi connectivity index (χ3v) is 5.11. The van der Waals surface area contributed by atoms with Gasteiger partial charge in [0.2, 0.25) is 0 Å². The summed E-state index contributed by atoms with van der Waals surface area (Å²) >= 11 is 0. The van der Waals surface area contributed by atoms with Crippen LogP contribution in [0.5, 0.6) is 0 Å². The lowest BCUT2D eigenvalue weighted by molar-refractivity contribution is 0.0940. The van der Waals surface area contributed by atoms with Gasteiger partial charge in [-0.15, -0.1) is 0 Å². The molecule has 2 saturated heterocycles. The number of hydrogen-bond acceptors (Lipinski definition) is 6. The van der Waals surface area contributed by atoms with Crippen LogP contribution in [0.1, 0.15) is 29.6 Å². The predicted octanol–water partition coefficient (Wildman–Crippen LogP) is 0.649. The van der Waals surface area contributed by atoms with Gasteiger partial charge in [0.05, 0.1) is 5.52 Å². The number of nitrogens with two attached hydrogens (primary N) is 1. The van der Waals surface area contributed by atoms with Crippen LogP contribution in [0, 0.1) is 0 Å². The van der Waals surface area contributed by atoms with E-state index in [0.717, 1.165) is 62.2 Å². The Morgan fingerprint density at radius 2 is 2.08 bits per heavy atom. The van der Waals surface area contributed by atoms with Gasteiger partial charge in [-0.1, -0.05) is 0 Å². The Morgan fingerprint density at radius 3 is 2.84 bits per heavy atom. The van der Waals surface area contributed by atoms with Crippen LogP contribution in [0.3, 0.4) is 0 Å². The van der Waals surface area contributed by atoms with Gasteiger partial charge < -0.3 is 21.3 Å². The zero-order valence-electron chi connectivity index (χ0n) is 14.2. The minimum atomic E-state index is -0.0419. The first kappa shape index (κ1) is 16.2. The Morgan fingerprint density at radius 1 is 1.24 bits per heavy atom. The van der Waals surface area contributed by atoms with Gasteiger partial charge in [0.1, 0.15) is 12.1 Å². The molecular weight excluding hydrogens is 316 g/mol. The number of fused-ring (bicyclic) bond motifs is 1. The van der Waals surface area contributed by atoms with Crippen molar-refractivity contribution in [3.8, 4) is 0 Å². The highest BCUT2D eigenvalue weighted by Gasteiger charge is 2.21. The van der Waals surface area contributed by atoms with Gasteiger partial charge in [0, 0.05) is 42.7 Å². The second-order valence-electron chi connectivity index (χ2n) is 6.92. The zero-order chi connectivity index (χ0) is 17.2. The minimum Gasteiger partial charge on any atom is -0.356 e. The van der Waals surface area contributed by atoms with Crippen LogP contribution in [-0.4, -0.2) is 54.1 Å². The van der Waals surface area contributed by atoms with Crippen LogP contribution in [0.25, 0.3) is 10.9 Å². The molecule has 2 aromatic rings. The molecule has 1 aromatic carbocycles. The molecule has 2 aliphatic heterocycles. The van der Waals surface area contributed by atoms with E-state index in [4.69, 9.17) is 5.73 Å². The maximum Gasteiger partial charge on any atom is 0.251 e. The number of nitrogens with zero attached hydrogens (tertiary/aromatic N) is 3.